The summed E-state index contributed by atoms with van der Waals surface area (Å²) < 4.78 is 0. The lowest BCUT2D eigenvalue weighted by Gasteiger charge is -2.30. The van der Waals surface area contributed by atoms with Crippen molar-refractivity contribution >= 4 is 11.9 Å². The average Bonchev–Trinajstić information content (AvgIpc) is 2.36. The van der Waals surface area contributed by atoms with Crippen molar-refractivity contribution in [2.45, 2.75) is 51.5 Å². The Morgan fingerprint density at radius 3 is 2.61 bits per heavy atom. The topological polar surface area (TPSA) is 92.4 Å². The first-order valence-corrected chi connectivity index (χ1v) is 6.83. The quantitative estimate of drug-likeness (QED) is 0.664. The molecule has 5 heteroatoms. The van der Waals surface area contributed by atoms with E-state index in [4.69, 9.17) is 10.8 Å². The number of carboxylic acid groups (broad SMARTS) is 1. The Balaban J connectivity index is 2.57. The fraction of sp³-hybridized carbons (Fsp3) is 0.846. The first kappa shape index (κ1) is 15.0. The molecule has 0 heterocycles. The number of aliphatic carboxylic acids is 1. The number of carbonyl (C=O) groups excluding carboxylic acids is 1. The molecule has 0 spiro atoms. The first-order chi connectivity index (χ1) is 8.60. The monoisotopic (exact) mass is 256 g/mol. The van der Waals surface area contributed by atoms with E-state index in [-0.39, 0.29) is 17.9 Å². The minimum atomic E-state index is -0.806. The molecule has 3 atom stereocenters. The lowest BCUT2D eigenvalue weighted by Crippen LogP contribution is -2.48. The summed E-state index contributed by atoms with van der Waals surface area (Å²) in [5.41, 5.74) is 5.58. The average molecular weight is 256 g/mol. The van der Waals surface area contributed by atoms with Crippen molar-refractivity contribution in [2.75, 3.05) is 6.54 Å². The van der Waals surface area contributed by atoms with E-state index in [1.807, 2.05) is 6.92 Å². The van der Waals surface area contributed by atoms with Gasteiger partial charge in [0.15, 0.2) is 0 Å². The van der Waals surface area contributed by atoms with Crippen LogP contribution in [-0.4, -0.2) is 29.6 Å². The number of rotatable bonds is 6. The molecule has 0 aromatic rings. The molecule has 0 aromatic carbocycles. The number of carbonyl (C=O) groups is 2. The van der Waals surface area contributed by atoms with E-state index < -0.39 is 11.9 Å². The Kier molecular flexibility index (Phi) is 6.12. The Morgan fingerprint density at radius 1 is 1.39 bits per heavy atom. The Bertz CT molecular complexity index is 294. The SMILES string of the molecule is CCCC(CN)C(=O)NC1CCCCC1C(=O)O. The first-order valence-electron chi connectivity index (χ1n) is 6.83. The number of hydrogen-bond acceptors (Lipinski definition) is 3. The second-order valence-electron chi connectivity index (χ2n) is 5.07. The molecular weight excluding hydrogens is 232 g/mol. The van der Waals surface area contributed by atoms with Crippen LogP contribution in [0.2, 0.25) is 0 Å². The molecule has 0 aliphatic heterocycles. The normalized spacial score (nSPS) is 25.4. The van der Waals surface area contributed by atoms with Crippen LogP contribution in [0.1, 0.15) is 45.4 Å². The Morgan fingerprint density at radius 2 is 2.06 bits per heavy atom. The largest absolute Gasteiger partial charge is 0.481 e. The molecule has 1 aliphatic carbocycles. The van der Waals surface area contributed by atoms with Gasteiger partial charge in [0.25, 0.3) is 0 Å². The summed E-state index contributed by atoms with van der Waals surface area (Å²) in [4.78, 5) is 23.2. The molecule has 1 amide bonds. The van der Waals surface area contributed by atoms with Gasteiger partial charge >= 0.3 is 5.97 Å². The number of nitrogens with one attached hydrogen (secondary N) is 1. The molecule has 18 heavy (non-hydrogen) atoms. The van der Waals surface area contributed by atoms with E-state index in [0.717, 1.165) is 32.1 Å². The maximum atomic E-state index is 12.0. The molecule has 1 rings (SSSR count). The van der Waals surface area contributed by atoms with Gasteiger partial charge in [0.2, 0.25) is 5.91 Å². The summed E-state index contributed by atoms with van der Waals surface area (Å²) in [5.74, 6) is -1.52. The summed E-state index contributed by atoms with van der Waals surface area (Å²) in [7, 11) is 0. The van der Waals surface area contributed by atoms with Gasteiger partial charge in [0.1, 0.15) is 0 Å². The predicted octanol–water partition coefficient (Wildman–Crippen LogP) is 1.12. The molecular formula is C13H24N2O3. The highest BCUT2D eigenvalue weighted by Crippen LogP contribution is 2.25. The standard InChI is InChI=1S/C13H24N2O3/c1-2-5-9(8-14)12(16)15-11-7-4-3-6-10(11)13(17)18/h9-11H,2-8,14H2,1H3,(H,15,16)(H,17,18). The maximum Gasteiger partial charge on any atom is 0.308 e. The minimum absolute atomic E-state index is 0.0856. The summed E-state index contributed by atoms with van der Waals surface area (Å²) in [6.07, 6.45) is 4.98. The van der Waals surface area contributed by atoms with Crippen molar-refractivity contribution < 1.29 is 14.7 Å². The van der Waals surface area contributed by atoms with Crippen molar-refractivity contribution in [3.05, 3.63) is 0 Å². The third kappa shape index (κ3) is 3.98. The number of carboxylic acids is 1. The van der Waals surface area contributed by atoms with Crippen LogP contribution in [0.25, 0.3) is 0 Å². The molecule has 104 valence electrons. The van der Waals surface area contributed by atoms with E-state index in [1.54, 1.807) is 0 Å². The van der Waals surface area contributed by atoms with Crippen molar-refractivity contribution in [3.8, 4) is 0 Å². The van der Waals surface area contributed by atoms with E-state index in [0.29, 0.717) is 13.0 Å². The van der Waals surface area contributed by atoms with Crippen molar-refractivity contribution in [3.63, 3.8) is 0 Å². The van der Waals surface area contributed by atoms with Gasteiger partial charge in [-0.3, -0.25) is 9.59 Å². The van der Waals surface area contributed by atoms with Crippen LogP contribution in [0, 0.1) is 11.8 Å². The zero-order valence-electron chi connectivity index (χ0n) is 11.0. The smallest absolute Gasteiger partial charge is 0.308 e. The van der Waals surface area contributed by atoms with E-state index in [9.17, 15) is 9.59 Å². The molecule has 0 radical (unpaired) electrons. The summed E-state index contributed by atoms with van der Waals surface area (Å²) in [6.45, 7) is 2.33. The van der Waals surface area contributed by atoms with Gasteiger partial charge < -0.3 is 16.2 Å². The van der Waals surface area contributed by atoms with Gasteiger partial charge in [-0.15, -0.1) is 0 Å². The van der Waals surface area contributed by atoms with Crippen LogP contribution in [0.4, 0.5) is 0 Å². The molecule has 4 N–H and O–H groups in total. The number of hydrogen-bond donors (Lipinski definition) is 3. The fourth-order valence-electron chi connectivity index (χ4n) is 2.60. The van der Waals surface area contributed by atoms with Gasteiger partial charge in [0, 0.05) is 12.6 Å². The maximum absolute atomic E-state index is 12.0. The Hall–Kier alpha value is -1.10. The molecule has 0 saturated heterocycles. The third-order valence-electron chi connectivity index (χ3n) is 3.70. The number of amides is 1. The van der Waals surface area contributed by atoms with Crippen LogP contribution in [0.5, 0.6) is 0 Å². The van der Waals surface area contributed by atoms with Crippen molar-refractivity contribution in [2.24, 2.45) is 17.6 Å². The van der Waals surface area contributed by atoms with Gasteiger partial charge in [-0.2, -0.15) is 0 Å². The van der Waals surface area contributed by atoms with Crippen LogP contribution >= 0.6 is 0 Å². The second-order valence-corrected chi connectivity index (χ2v) is 5.07. The van der Waals surface area contributed by atoms with Gasteiger partial charge in [-0.1, -0.05) is 26.2 Å². The zero-order chi connectivity index (χ0) is 13.5. The van der Waals surface area contributed by atoms with Crippen LogP contribution < -0.4 is 11.1 Å². The number of nitrogens with two attached hydrogens (primary N) is 1. The lowest BCUT2D eigenvalue weighted by atomic mass is 9.84. The summed E-state index contributed by atoms with van der Waals surface area (Å²) in [5, 5.41) is 12.0. The van der Waals surface area contributed by atoms with E-state index >= 15 is 0 Å². The summed E-state index contributed by atoms with van der Waals surface area (Å²) >= 11 is 0. The van der Waals surface area contributed by atoms with E-state index in [2.05, 4.69) is 5.32 Å². The highest BCUT2D eigenvalue weighted by Gasteiger charge is 2.32. The third-order valence-corrected chi connectivity index (χ3v) is 3.70. The van der Waals surface area contributed by atoms with Crippen LogP contribution in [0.3, 0.4) is 0 Å². The highest BCUT2D eigenvalue weighted by atomic mass is 16.4. The Labute approximate surface area is 108 Å². The highest BCUT2D eigenvalue weighted by molar-refractivity contribution is 5.80. The van der Waals surface area contributed by atoms with Gasteiger partial charge in [-0.05, 0) is 19.3 Å². The van der Waals surface area contributed by atoms with E-state index in [1.165, 1.54) is 0 Å². The fourth-order valence-corrected chi connectivity index (χ4v) is 2.60. The van der Waals surface area contributed by atoms with Crippen LogP contribution in [-0.2, 0) is 9.59 Å². The van der Waals surface area contributed by atoms with Crippen molar-refractivity contribution in [1.82, 2.24) is 5.32 Å². The van der Waals surface area contributed by atoms with Gasteiger partial charge in [0.05, 0.1) is 11.8 Å². The minimum Gasteiger partial charge on any atom is -0.481 e. The molecule has 1 fully saturated rings. The second kappa shape index (κ2) is 7.36. The molecule has 1 saturated carbocycles. The molecule has 5 nitrogen and oxygen atoms in total. The molecule has 0 bridgehead atoms. The van der Waals surface area contributed by atoms with Crippen molar-refractivity contribution in [1.29, 1.82) is 0 Å². The lowest BCUT2D eigenvalue weighted by molar-refractivity contribution is -0.144. The molecule has 0 aromatic heterocycles. The zero-order valence-corrected chi connectivity index (χ0v) is 11.0. The molecule has 3 unspecified atom stereocenters. The van der Waals surface area contributed by atoms with Crippen LogP contribution in [0.15, 0.2) is 0 Å². The summed E-state index contributed by atoms with van der Waals surface area (Å²) in [6, 6.07) is -0.227. The molecule has 1 aliphatic rings. The predicted molar refractivity (Wildman–Crippen MR) is 69.0 cm³/mol. The van der Waals surface area contributed by atoms with Gasteiger partial charge in [-0.25, -0.2) is 0 Å².